The zero-order valence-corrected chi connectivity index (χ0v) is 9.83. The molecule has 2 rings (SSSR count). The van der Waals surface area contributed by atoms with Crippen molar-refractivity contribution in [2.24, 2.45) is 0 Å². The van der Waals surface area contributed by atoms with E-state index in [9.17, 15) is 4.57 Å². The fraction of sp³-hybridized carbons (Fsp3) is 0.778. The van der Waals surface area contributed by atoms with Gasteiger partial charge >= 0.3 is 0 Å². The zero-order valence-electron chi connectivity index (χ0n) is 7.35. The summed E-state index contributed by atoms with van der Waals surface area (Å²) < 4.78 is 13.4. The van der Waals surface area contributed by atoms with Crippen molar-refractivity contribution in [1.29, 1.82) is 0 Å². The van der Waals surface area contributed by atoms with Crippen molar-refractivity contribution in [3.05, 3.63) is 10.1 Å². The molecule has 0 spiro atoms. The summed E-state index contributed by atoms with van der Waals surface area (Å²) in [6.45, 7) is 1.97. The molecule has 0 bridgehead atoms. The molecule has 12 heavy (non-hydrogen) atoms. The molecular formula is C9H14BrOP. The van der Waals surface area contributed by atoms with E-state index in [4.69, 9.17) is 0 Å². The van der Waals surface area contributed by atoms with Crippen LogP contribution in [0, 0.1) is 0 Å². The summed E-state index contributed by atoms with van der Waals surface area (Å²) >= 11 is 3.56. The molecule has 0 N–H and O–H groups in total. The van der Waals surface area contributed by atoms with Crippen LogP contribution in [0.2, 0.25) is 0 Å². The van der Waals surface area contributed by atoms with E-state index in [1.807, 2.05) is 6.66 Å². The second-order valence-corrected chi connectivity index (χ2v) is 8.27. The first-order valence-electron chi connectivity index (χ1n) is 4.55. The molecule has 1 saturated carbocycles. The Labute approximate surface area is 82.1 Å². The predicted molar refractivity (Wildman–Crippen MR) is 56.6 cm³/mol. The minimum absolute atomic E-state index is 0.445. The van der Waals surface area contributed by atoms with Crippen LogP contribution < -0.4 is 0 Å². The van der Waals surface area contributed by atoms with Gasteiger partial charge in [-0.15, -0.1) is 0 Å². The van der Waals surface area contributed by atoms with Crippen molar-refractivity contribution in [1.82, 2.24) is 0 Å². The highest BCUT2D eigenvalue weighted by Crippen LogP contribution is 2.62. The van der Waals surface area contributed by atoms with Crippen molar-refractivity contribution in [2.45, 2.75) is 31.3 Å². The number of allylic oxidation sites excluding steroid dienone is 2. The second kappa shape index (κ2) is 2.99. The van der Waals surface area contributed by atoms with E-state index in [-0.39, 0.29) is 0 Å². The summed E-state index contributed by atoms with van der Waals surface area (Å²) in [5.74, 6) is 0. The fourth-order valence-electron chi connectivity index (χ4n) is 2.40. The van der Waals surface area contributed by atoms with Gasteiger partial charge in [0.25, 0.3) is 0 Å². The molecular weight excluding hydrogens is 235 g/mol. The molecule has 0 aromatic rings. The number of hydrogen-bond donors (Lipinski definition) is 0. The van der Waals surface area contributed by atoms with E-state index in [0.29, 0.717) is 5.66 Å². The predicted octanol–water partition coefficient (Wildman–Crippen LogP) is 3.58. The Hall–Kier alpha value is 0.450. The summed E-state index contributed by atoms with van der Waals surface area (Å²) in [5, 5.41) is 0. The number of halogens is 1. The molecule has 0 radical (unpaired) electrons. The smallest absolute Gasteiger partial charge is 0.0963 e. The van der Waals surface area contributed by atoms with Gasteiger partial charge in [0.2, 0.25) is 0 Å². The van der Waals surface area contributed by atoms with E-state index in [1.54, 1.807) is 0 Å². The fourth-order valence-corrected chi connectivity index (χ4v) is 7.19. The maximum atomic E-state index is 12.1. The third-order valence-electron chi connectivity index (χ3n) is 3.04. The Bertz CT molecular complexity index is 282. The number of rotatable bonds is 0. The molecule has 2 aliphatic rings. The maximum absolute atomic E-state index is 12.1. The summed E-state index contributed by atoms with van der Waals surface area (Å²) in [7, 11) is -1.85. The Morgan fingerprint density at radius 3 is 2.92 bits per heavy atom. The molecule has 1 aliphatic carbocycles. The van der Waals surface area contributed by atoms with Gasteiger partial charge in [0.05, 0.1) is 7.14 Å². The molecule has 0 aromatic carbocycles. The molecule has 68 valence electrons. The number of fused-ring (bicyclic) bond motifs is 1. The highest BCUT2D eigenvalue weighted by atomic mass is 79.9. The van der Waals surface area contributed by atoms with Gasteiger partial charge in [0.15, 0.2) is 0 Å². The van der Waals surface area contributed by atoms with Crippen LogP contribution in [-0.2, 0) is 4.57 Å². The van der Waals surface area contributed by atoms with Gasteiger partial charge < -0.3 is 4.57 Å². The Kier molecular flexibility index (Phi) is 2.25. The summed E-state index contributed by atoms with van der Waals surface area (Å²) in [4.78, 5) is 0. The topological polar surface area (TPSA) is 17.1 Å². The molecule has 1 aliphatic heterocycles. The molecule has 0 amide bonds. The third-order valence-corrected chi connectivity index (χ3v) is 7.09. The highest BCUT2D eigenvalue weighted by Gasteiger charge is 2.39. The largest absolute Gasteiger partial charge is 0.323 e. The molecule has 1 nitrogen and oxygen atoms in total. The normalized spacial score (nSPS) is 41.7. The van der Waals surface area contributed by atoms with Crippen LogP contribution in [0.3, 0.4) is 0 Å². The van der Waals surface area contributed by atoms with Crippen molar-refractivity contribution in [3.8, 4) is 0 Å². The van der Waals surface area contributed by atoms with E-state index in [2.05, 4.69) is 15.9 Å². The van der Waals surface area contributed by atoms with E-state index < -0.39 is 7.14 Å². The number of hydrogen-bond acceptors (Lipinski definition) is 1. The van der Waals surface area contributed by atoms with Crippen LogP contribution in [-0.4, -0.2) is 18.5 Å². The van der Waals surface area contributed by atoms with Gasteiger partial charge in [-0.2, -0.15) is 0 Å². The Morgan fingerprint density at radius 1 is 1.50 bits per heavy atom. The van der Waals surface area contributed by atoms with Crippen LogP contribution in [0.25, 0.3) is 0 Å². The van der Waals surface area contributed by atoms with Gasteiger partial charge in [-0.25, -0.2) is 0 Å². The van der Waals surface area contributed by atoms with Crippen molar-refractivity contribution in [2.75, 3.05) is 12.8 Å². The van der Waals surface area contributed by atoms with Crippen molar-refractivity contribution >= 4 is 23.1 Å². The Balaban J connectivity index is 2.34. The zero-order chi connectivity index (χ0) is 8.77. The van der Waals surface area contributed by atoms with Gasteiger partial charge in [-0.05, 0) is 31.5 Å². The molecule has 3 heteroatoms. The SMILES string of the molecule is CP1(=O)CC(Br)=C2CCCCC21. The average molecular weight is 249 g/mol. The standard InChI is InChI=1S/C9H14BrOP/c1-12(11)6-8(10)7-4-2-3-5-9(7)12/h9H,2-6H2,1H3. The van der Waals surface area contributed by atoms with E-state index >= 15 is 0 Å². The Morgan fingerprint density at radius 2 is 2.25 bits per heavy atom. The lowest BCUT2D eigenvalue weighted by molar-refractivity contribution is 0.552. The van der Waals surface area contributed by atoms with Gasteiger partial charge in [0, 0.05) is 16.3 Å². The summed E-state index contributed by atoms with van der Waals surface area (Å²) in [6.07, 6.45) is 5.74. The first kappa shape index (κ1) is 9.02. The maximum Gasteiger partial charge on any atom is 0.0963 e. The molecule has 0 aromatic heterocycles. The minimum atomic E-state index is -1.85. The first-order chi connectivity index (χ1) is 5.61. The van der Waals surface area contributed by atoms with E-state index in [1.165, 1.54) is 29.3 Å². The monoisotopic (exact) mass is 248 g/mol. The van der Waals surface area contributed by atoms with Crippen molar-refractivity contribution < 1.29 is 4.57 Å². The minimum Gasteiger partial charge on any atom is -0.323 e. The van der Waals surface area contributed by atoms with Crippen LogP contribution in [0.5, 0.6) is 0 Å². The third kappa shape index (κ3) is 1.33. The quantitative estimate of drug-likeness (QED) is 0.599. The lowest BCUT2D eigenvalue weighted by atomic mass is 9.94. The highest BCUT2D eigenvalue weighted by molar-refractivity contribution is 9.11. The van der Waals surface area contributed by atoms with Gasteiger partial charge in [0.1, 0.15) is 0 Å². The molecule has 0 saturated heterocycles. The van der Waals surface area contributed by atoms with Crippen LogP contribution in [0.4, 0.5) is 0 Å². The average Bonchev–Trinajstić information content (AvgIpc) is 2.25. The summed E-state index contributed by atoms with van der Waals surface area (Å²) in [6, 6.07) is 0. The molecule has 2 unspecified atom stereocenters. The first-order valence-corrected chi connectivity index (χ1v) is 7.75. The van der Waals surface area contributed by atoms with Gasteiger partial charge in [-0.1, -0.05) is 22.4 Å². The van der Waals surface area contributed by atoms with Crippen LogP contribution in [0.1, 0.15) is 25.7 Å². The molecule has 2 atom stereocenters. The van der Waals surface area contributed by atoms with Crippen LogP contribution in [0.15, 0.2) is 10.1 Å². The van der Waals surface area contributed by atoms with Crippen LogP contribution >= 0.6 is 23.1 Å². The van der Waals surface area contributed by atoms with Gasteiger partial charge in [-0.3, -0.25) is 0 Å². The lowest BCUT2D eigenvalue weighted by Gasteiger charge is -2.24. The molecule has 1 fully saturated rings. The summed E-state index contributed by atoms with van der Waals surface area (Å²) in [5.41, 5.74) is 1.92. The van der Waals surface area contributed by atoms with E-state index in [0.717, 1.165) is 12.6 Å². The van der Waals surface area contributed by atoms with Crippen molar-refractivity contribution in [3.63, 3.8) is 0 Å². The lowest BCUT2D eigenvalue weighted by Crippen LogP contribution is -2.12. The molecule has 1 heterocycles. The second-order valence-electron chi connectivity index (χ2n) is 4.02.